The lowest BCUT2D eigenvalue weighted by Crippen LogP contribution is -2.28. The van der Waals surface area contributed by atoms with E-state index >= 15 is 0 Å². The van der Waals surface area contributed by atoms with Crippen LogP contribution in [0.25, 0.3) is 0 Å². The molecule has 5 nitrogen and oxygen atoms in total. The second-order valence-corrected chi connectivity index (χ2v) is 4.77. The molecule has 0 radical (unpaired) electrons. The molecule has 0 aliphatic carbocycles. The number of carbonyl (C=O) groups excluding carboxylic acids is 2. The molecule has 0 saturated carbocycles. The smallest absolute Gasteiger partial charge is 0.411 e. The van der Waals surface area contributed by atoms with Crippen LogP contribution in [0.15, 0.2) is 42.5 Å². The van der Waals surface area contributed by atoms with Gasteiger partial charge in [-0.05, 0) is 25.5 Å². The van der Waals surface area contributed by atoms with Crippen LogP contribution < -0.4 is 0 Å². The van der Waals surface area contributed by atoms with E-state index in [-0.39, 0.29) is 12.1 Å². The second-order valence-electron chi connectivity index (χ2n) is 4.77. The van der Waals surface area contributed by atoms with Crippen molar-refractivity contribution >= 4 is 12.1 Å². The number of esters is 1. The van der Waals surface area contributed by atoms with Gasteiger partial charge in [0, 0.05) is 6.08 Å². The summed E-state index contributed by atoms with van der Waals surface area (Å²) in [6, 6.07) is 9.68. The van der Waals surface area contributed by atoms with Crippen molar-refractivity contribution in [2.75, 3.05) is 13.2 Å². The van der Waals surface area contributed by atoms with Gasteiger partial charge in [-0.3, -0.25) is 4.90 Å². The zero-order valence-electron chi connectivity index (χ0n) is 12.2. The van der Waals surface area contributed by atoms with Crippen molar-refractivity contribution in [1.29, 1.82) is 0 Å². The Balaban J connectivity index is 1.98. The second kappa shape index (κ2) is 6.92. The quantitative estimate of drug-likeness (QED) is 0.617. The molecule has 112 valence electrons. The number of rotatable bonds is 5. The maximum Gasteiger partial charge on any atom is 0.411 e. The lowest BCUT2D eigenvalue weighted by molar-refractivity contribution is -0.137. The molecule has 1 aliphatic rings. The first-order chi connectivity index (χ1) is 10.1. The average molecular weight is 289 g/mol. The lowest BCUT2D eigenvalue weighted by atomic mass is 10.1. The van der Waals surface area contributed by atoms with Crippen molar-refractivity contribution in [1.82, 2.24) is 4.90 Å². The molecular weight excluding hydrogens is 270 g/mol. The fraction of sp³-hybridized carbons (Fsp3) is 0.375. The van der Waals surface area contributed by atoms with E-state index in [1.54, 1.807) is 17.9 Å². The van der Waals surface area contributed by atoms with Gasteiger partial charge in [-0.2, -0.15) is 0 Å². The standard InChI is InChI=1S/C16H19NO4/c1-3-20-15(18)10-9-14-11-17(16(19)21-14)12(2)13-7-5-4-6-8-13/h4-10,12,14H,3,11H2,1-2H3/b10-9+/t12-,14+/m1/s1. The van der Waals surface area contributed by atoms with Crippen molar-refractivity contribution in [2.24, 2.45) is 0 Å². The molecule has 1 amide bonds. The zero-order valence-corrected chi connectivity index (χ0v) is 12.2. The van der Waals surface area contributed by atoms with Gasteiger partial charge in [-0.1, -0.05) is 30.3 Å². The number of hydrogen-bond acceptors (Lipinski definition) is 4. The Kier molecular flexibility index (Phi) is 4.98. The molecule has 1 saturated heterocycles. The molecule has 1 heterocycles. The molecule has 1 aromatic carbocycles. The van der Waals surface area contributed by atoms with Gasteiger partial charge in [-0.15, -0.1) is 0 Å². The van der Waals surface area contributed by atoms with Crippen molar-refractivity contribution in [3.8, 4) is 0 Å². The average Bonchev–Trinajstić information content (AvgIpc) is 2.87. The first-order valence-electron chi connectivity index (χ1n) is 6.99. The maximum absolute atomic E-state index is 11.9. The van der Waals surface area contributed by atoms with Crippen LogP contribution in [0.1, 0.15) is 25.5 Å². The third kappa shape index (κ3) is 3.84. The van der Waals surface area contributed by atoms with Crippen molar-refractivity contribution < 1.29 is 19.1 Å². The van der Waals surface area contributed by atoms with Gasteiger partial charge in [0.05, 0.1) is 19.2 Å². The summed E-state index contributed by atoms with van der Waals surface area (Å²) in [5.74, 6) is -0.428. The minimum absolute atomic E-state index is 0.0697. The molecule has 0 bridgehead atoms. The van der Waals surface area contributed by atoms with E-state index in [0.29, 0.717) is 13.2 Å². The highest BCUT2D eigenvalue weighted by Gasteiger charge is 2.33. The van der Waals surface area contributed by atoms with E-state index in [1.165, 1.54) is 6.08 Å². The van der Waals surface area contributed by atoms with E-state index in [2.05, 4.69) is 0 Å². The molecular formula is C16H19NO4. The van der Waals surface area contributed by atoms with Gasteiger partial charge in [0.2, 0.25) is 0 Å². The van der Waals surface area contributed by atoms with Crippen LogP contribution in [0.3, 0.4) is 0 Å². The summed E-state index contributed by atoms with van der Waals surface area (Å²) in [7, 11) is 0. The number of amides is 1. The summed E-state index contributed by atoms with van der Waals surface area (Å²) in [6.07, 6.45) is 2.07. The summed E-state index contributed by atoms with van der Waals surface area (Å²) in [4.78, 5) is 24.8. The normalized spacial score (nSPS) is 19.6. The van der Waals surface area contributed by atoms with E-state index in [0.717, 1.165) is 5.56 Å². The molecule has 0 spiro atoms. The van der Waals surface area contributed by atoms with Crippen LogP contribution in [0.4, 0.5) is 4.79 Å². The monoisotopic (exact) mass is 289 g/mol. The lowest BCUT2D eigenvalue weighted by Gasteiger charge is -2.21. The topological polar surface area (TPSA) is 55.8 Å². The van der Waals surface area contributed by atoms with Crippen LogP contribution in [0.5, 0.6) is 0 Å². The zero-order chi connectivity index (χ0) is 15.2. The largest absolute Gasteiger partial charge is 0.463 e. The predicted molar refractivity (Wildman–Crippen MR) is 77.6 cm³/mol. The highest BCUT2D eigenvalue weighted by atomic mass is 16.6. The summed E-state index contributed by atoms with van der Waals surface area (Å²) in [5, 5.41) is 0. The third-order valence-electron chi connectivity index (χ3n) is 3.35. The fourth-order valence-electron chi connectivity index (χ4n) is 2.21. The van der Waals surface area contributed by atoms with Crippen molar-refractivity contribution in [2.45, 2.75) is 26.0 Å². The fourth-order valence-corrected chi connectivity index (χ4v) is 2.21. The number of hydrogen-bond donors (Lipinski definition) is 0. The summed E-state index contributed by atoms with van der Waals surface area (Å²) in [6.45, 7) is 4.44. The molecule has 0 N–H and O–H groups in total. The number of ether oxygens (including phenoxy) is 2. The van der Waals surface area contributed by atoms with E-state index in [9.17, 15) is 9.59 Å². The van der Waals surface area contributed by atoms with E-state index in [4.69, 9.17) is 9.47 Å². The molecule has 0 aromatic heterocycles. The Morgan fingerprint density at radius 1 is 1.48 bits per heavy atom. The van der Waals surface area contributed by atoms with Crippen LogP contribution in [0, 0.1) is 0 Å². The van der Waals surface area contributed by atoms with Crippen LogP contribution in [-0.4, -0.2) is 36.2 Å². The van der Waals surface area contributed by atoms with Gasteiger partial charge < -0.3 is 9.47 Å². The van der Waals surface area contributed by atoms with Gasteiger partial charge in [-0.25, -0.2) is 9.59 Å². The molecule has 1 aliphatic heterocycles. The van der Waals surface area contributed by atoms with Gasteiger partial charge in [0.1, 0.15) is 6.10 Å². The van der Waals surface area contributed by atoms with Crippen molar-refractivity contribution in [3.63, 3.8) is 0 Å². The number of nitrogens with zero attached hydrogens (tertiary/aromatic N) is 1. The van der Waals surface area contributed by atoms with Gasteiger partial charge in [0.15, 0.2) is 0 Å². The minimum atomic E-state index is -0.428. The van der Waals surface area contributed by atoms with Gasteiger partial charge >= 0.3 is 12.1 Å². The molecule has 1 fully saturated rings. The maximum atomic E-state index is 11.9. The summed E-state index contributed by atoms with van der Waals surface area (Å²) >= 11 is 0. The van der Waals surface area contributed by atoms with Crippen LogP contribution in [-0.2, 0) is 14.3 Å². The Morgan fingerprint density at radius 3 is 2.86 bits per heavy atom. The highest BCUT2D eigenvalue weighted by Crippen LogP contribution is 2.25. The Morgan fingerprint density at radius 2 is 2.19 bits per heavy atom. The Bertz CT molecular complexity index is 526. The molecule has 5 heteroatoms. The Hall–Kier alpha value is -2.30. The molecule has 1 aromatic rings. The van der Waals surface area contributed by atoms with E-state index in [1.807, 2.05) is 37.3 Å². The SMILES string of the molecule is CCOC(=O)/C=C/[C@H]1CN([C@H](C)c2ccccc2)C(=O)O1. The summed E-state index contributed by atoms with van der Waals surface area (Å²) < 4.78 is 10.0. The van der Waals surface area contributed by atoms with Crippen LogP contribution in [0.2, 0.25) is 0 Å². The number of carbonyl (C=O) groups is 2. The summed E-state index contributed by atoms with van der Waals surface area (Å²) in [5.41, 5.74) is 1.05. The molecule has 2 atom stereocenters. The third-order valence-corrected chi connectivity index (χ3v) is 3.35. The van der Waals surface area contributed by atoms with Gasteiger partial charge in [0.25, 0.3) is 0 Å². The van der Waals surface area contributed by atoms with Crippen molar-refractivity contribution in [3.05, 3.63) is 48.0 Å². The number of cyclic esters (lactones) is 1. The van der Waals surface area contributed by atoms with E-state index < -0.39 is 12.1 Å². The van der Waals surface area contributed by atoms with Crippen LogP contribution >= 0.6 is 0 Å². The first kappa shape index (κ1) is 15.1. The molecule has 0 unspecified atom stereocenters. The minimum Gasteiger partial charge on any atom is -0.463 e. The first-order valence-corrected chi connectivity index (χ1v) is 6.99. The number of benzene rings is 1. The molecule has 21 heavy (non-hydrogen) atoms. The molecule has 2 rings (SSSR count). The predicted octanol–water partition coefficient (Wildman–Crippen LogP) is 2.69. The Labute approximate surface area is 124 Å². The highest BCUT2D eigenvalue weighted by molar-refractivity contribution is 5.82.